The van der Waals surface area contributed by atoms with Crippen LogP contribution in [0.25, 0.3) is 6.08 Å². The fourth-order valence-electron chi connectivity index (χ4n) is 2.46. The lowest BCUT2D eigenvalue weighted by molar-refractivity contribution is -0.310. The van der Waals surface area contributed by atoms with Crippen molar-refractivity contribution in [2.75, 3.05) is 12.0 Å². The highest BCUT2D eigenvalue weighted by atomic mass is 32.2. The van der Waals surface area contributed by atoms with Gasteiger partial charge in [-0.1, -0.05) is 62.1 Å². The Morgan fingerprint density at radius 2 is 2.00 bits per heavy atom. The molecular weight excluding hydrogens is 374 g/mol. The number of aliphatic carboxylic acids is 1. The molecule has 1 saturated heterocycles. The van der Waals surface area contributed by atoms with Crippen LogP contribution in [-0.4, -0.2) is 39.1 Å². The van der Waals surface area contributed by atoms with Crippen molar-refractivity contribution in [3.8, 4) is 0 Å². The van der Waals surface area contributed by atoms with Crippen LogP contribution in [0.4, 0.5) is 0 Å². The molecule has 25 heavy (non-hydrogen) atoms. The number of benzene rings is 1. The molecule has 0 aromatic heterocycles. The number of hydrogen-bond donors (Lipinski definition) is 0. The first-order valence-electron chi connectivity index (χ1n) is 7.92. The molecule has 1 aromatic carbocycles. The summed E-state index contributed by atoms with van der Waals surface area (Å²) in [5, 5.41) is 11.4. The van der Waals surface area contributed by atoms with E-state index in [1.165, 1.54) is 22.2 Å². The summed E-state index contributed by atoms with van der Waals surface area (Å²) in [5.74, 6) is -0.579. The Morgan fingerprint density at radius 1 is 1.36 bits per heavy atom. The first-order chi connectivity index (χ1) is 11.8. The quantitative estimate of drug-likeness (QED) is 0.523. The molecule has 1 fully saturated rings. The lowest BCUT2D eigenvalue weighted by Gasteiger charge is -2.27. The van der Waals surface area contributed by atoms with Crippen LogP contribution in [0.5, 0.6) is 0 Å². The molecule has 0 N–H and O–H groups in total. The Balaban J connectivity index is 2.23. The summed E-state index contributed by atoms with van der Waals surface area (Å²) in [6.45, 7) is 4.24. The van der Waals surface area contributed by atoms with Crippen LogP contribution < -0.4 is 5.11 Å². The molecule has 0 spiro atoms. The fraction of sp³-hybridized carbons (Fsp3) is 0.389. The number of nitrogens with zero attached hydrogens (tertiary/aromatic N) is 1. The van der Waals surface area contributed by atoms with Gasteiger partial charge in [-0.3, -0.25) is 9.69 Å². The first kappa shape index (κ1) is 20.0. The zero-order valence-corrected chi connectivity index (χ0v) is 16.8. The first-order valence-corrected chi connectivity index (χ1v) is 10.5. The second-order valence-corrected chi connectivity index (χ2v) is 8.65. The van der Waals surface area contributed by atoms with Crippen LogP contribution in [0.15, 0.2) is 29.2 Å². The smallest absolute Gasteiger partial charge is 0.266 e. The Hall–Kier alpha value is -1.31. The number of amides is 1. The molecule has 7 heteroatoms. The van der Waals surface area contributed by atoms with E-state index in [1.807, 2.05) is 30.5 Å². The van der Waals surface area contributed by atoms with E-state index >= 15 is 0 Å². The van der Waals surface area contributed by atoms with Gasteiger partial charge in [0.25, 0.3) is 5.91 Å². The molecule has 1 aliphatic heterocycles. The van der Waals surface area contributed by atoms with Crippen LogP contribution in [0.1, 0.15) is 37.3 Å². The Kier molecular flexibility index (Phi) is 7.10. The van der Waals surface area contributed by atoms with Gasteiger partial charge in [-0.2, -0.15) is 11.8 Å². The standard InChI is InChI=1S/C18H21NO3S3/c1-11(2)13-6-4-12(5-7-13)10-15-16(20)19(18(23)25-15)14(17(21)22)8-9-24-3/h4-7,10-11,14H,8-9H2,1-3H3,(H,21,22)/p-1/b15-10+/t14-/m1/s1. The summed E-state index contributed by atoms with van der Waals surface area (Å²) in [7, 11) is 0. The van der Waals surface area contributed by atoms with Crippen molar-refractivity contribution < 1.29 is 14.7 Å². The van der Waals surface area contributed by atoms with Gasteiger partial charge in [-0.15, -0.1) is 0 Å². The monoisotopic (exact) mass is 394 g/mol. The lowest BCUT2D eigenvalue weighted by Crippen LogP contribution is -2.50. The second kappa shape index (κ2) is 8.87. The average molecular weight is 395 g/mol. The van der Waals surface area contributed by atoms with Gasteiger partial charge in [0.05, 0.1) is 16.9 Å². The molecule has 0 saturated carbocycles. The summed E-state index contributed by atoms with van der Waals surface area (Å²) < 4.78 is 0.269. The van der Waals surface area contributed by atoms with E-state index < -0.39 is 12.0 Å². The van der Waals surface area contributed by atoms with Gasteiger partial charge < -0.3 is 9.90 Å². The molecule has 0 bridgehead atoms. The highest BCUT2D eigenvalue weighted by molar-refractivity contribution is 8.26. The van der Waals surface area contributed by atoms with E-state index in [9.17, 15) is 14.7 Å². The molecular formula is C18H20NO3S3-. The molecule has 134 valence electrons. The third-order valence-corrected chi connectivity index (χ3v) is 5.88. The SMILES string of the molecule is CSCC[C@H](C(=O)[O-])N1C(=O)/C(=C\c2ccc(C(C)C)cc2)SC1=S. The summed E-state index contributed by atoms with van der Waals surface area (Å²) in [5.41, 5.74) is 2.11. The predicted octanol–water partition coefficient (Wildman–Crippen LogP) is 2.88. The van der Waals surface area contributed by atoms with Crippen molar-refractivity contribution in [3.63, 3.8) is 0 Å². The van der Waals surface area contributed by atoms with E-state index in [2.05, 4.69) is 13.8 Å². The summed E-state index contributed by atoms with van der Waals surface area (Å²) >= 11 is 7.90. The average Bonchev–Trinajstić information content (AvgIpc) is 2.83. The van der Waals surface area contributed by atoms with Crippen molar-refractivity contribution in [2.45, 2.75) is 32.2 Å². The van der Waals surface area contributed by atoms with Gasteiger partial charge in [0.1, 0.15) is 4.32 Å². The third-order valence-electron chi connectivity index (χ3n) is 3.90. The van der Waals surface area contributed by atoms with Crippen molar-refractivity contribution in [2.24, 2.45) is 0 Å². The van der Waals surface area contributed by atoms with Crippen LogP contribution in [-0.2, 0) is 9.59 Å². The van der Waals surface area contributed by atoms with Gasteiger partial charge in [-0.05, 0) is 41.6 Å². The number of thiocarbonyl (C=S) groups is 1. The number of hydrogen-bond acceptors (Lipinski definition) is 6. The van der Waals surface area contributed by atoms with E-state index in [-0.39, 0.29) is 10.2 Å². The lowest BCUT2D eigenvalue weighted by atomic mass is 10.0. The maximum absolute atomic E-state index is 12.7. The van der Waals surface area contributed by atoms with E-state index in [1.54, 1.807) is 6.08 Å². The van der Waals surface area contributed by atoms with Gasteiger partial charge in [0.15, 0.2) is 0 Å². The summed E-state index contributed by atoms with van der Waals surface area (Å²) in [4.78, 5) is 25.7. The Morgan fingerprint density at radius 3 is 2.52 bits per heavy atom. The van der Waals surface area contributed by atoms with Crippen LogP contribution in [0, 0.1) is 0 Å². The normalized spacial score (nSPS) is 17.6. The van der Waals surface area contributed by atoms with E-state index in [0.29, 0.717) is 23.0 Å². The molecule has 1 heterocycles. The predicted molar refractivity (Wildman–Crippen MR) is 107 cm³/mol. The number of carboxylic acid groups (broad SMARTS) is 1. The zero-order chi connectivity index (χ0) is 18.6. The van der Waals surface area contributed by atoms with E-state index in [4.69, 9.17) is 12.2 Å². The molecule has 2 rings (SSSR count). The van der Waals surface area contributed by atoms with Crippen molar-refractivity contribution in [3.05, 3.63) is 40.3 Å². The number of thioether (sulfide) groups is 2. The van der Waals surface area contributed by atoms with Crippen LogP contribution >= 0.6 is 35.7 Å². The molecule has 1 aliphatic rings. The number of rotatable bonds is 7. The molecule has 0 aliphatic carbocycles. The highest BCUT2D eigenvalue weighted by Gasteiger charge is 2.37. The van der Waals surface area contributed by atoms with Crippen molar-refractivity contribution in [1.82, 2.24) is 4.90 Å². The van der Waals surface area contributed by atoms with Crippen LogP contribution in [0.2, 0.25) is 0 Å². The zero-order valence-electron chi connectivity index (χ0n) is 14.4. The fourth-order valence-corrected chi connectivity index (χ4v) is 4.27. The molecule has 0 radical (unpaired) electrons. The van der Waals surface area contributed by atoms with Crippen molar-refractivity contribution in [1.29, 1.82) is 0 Å². The molecule has 1 atom stereocenters. The Labute approximate surface area is 162 Å². The Bertz CT molecular complexity index is 698. The molecule has 0 unspecified atom stereocenters. The third kappa shape index (κ3) is 4.86. The molecule has 1 amide bonds. The maximum atomic E-state index is 12.7. The number of carbonyl (C=O) groups is 2. The molecule has 4 nitrogen and oxygen atoms in total. The minimum absolute atomic E-state index is 0.269. The molecule has 1 aromatic rings. The summed E-state index contributed by atoms with van der Waals surface area (Å²) in [6, 6.07) is 6.94. The van der Waals surface area contributed by atoms with Crippen LogP contribution in [0.3, 0.4) is 0 Å². The number of carbonyl (C=O) groups excluding carboxylic acids is 2. The minimum atomic E-state index is -1.27. The van der Waals surface area contributed by atoms with E-state index in [0.717, 1.165) is 17.3 Å². The van der Waals surface area contributed by atoms with Gasteiger partial charge >= 0.3 is 0 Å². The highest BCUT2D eigenvalue weighted by Crippen LogP contribution is 2.34. The van der Waals surface area contributed by atoms with Crippen molar-refractivity contribution >= 4 is 58.0 Å². The van der Waals surface area contributed by atoms with Gasteiger partial charge in [-0.25, -0.2) is 0 Å². The maximum Gasteiger partial charge on any atom is 0.266 e. The van der Waals surface area contributed by atoms with Gasteiger partial charge in [0, 0.05) is 0 Å². The topological polar surface area (TPSA) is 60.4 Å². The minimum Gasteiger partial charge on any atom is -0.548 e. The van der Waals surface area contributed by atoms with Gasteiger partial charge in [0.2, 0.25) is 0 Å². The second-order valence-electron chi connectivity index (χ2n) is 5.99. The number of carboxylic acids is 1. The largest absolute Gasteiger partial charge is 0.548 e. The summed E-state index contributed by atoms with van der Waals surface area (Å²) in [6.07, 6.45) is 3.95.